The Hall–Kier alpha value is -3.12. The molecule has 2 aliphatic rings. The number of pyridine rings is 1. The maximum Gasteiger partial charge on any atom is 0.169 e. The molecule has 0 spiro atoms. The van der Waals surface area contributed by atoms with Crippen molar-refractivity contribution in [1.29, 1.82) is 0 Å². The second kappa shape index (κ2) is 11.8. The Morgan fingerprint density at radius 1 is 1.00 bits per heavy atom. The van der Waals surface area contributed by atoms with Crippen LogP contribution in [0.25, 0.3) is 22.0 Å². The zero-order valence-corrected chi connectivity index (χ0v) is 20.5. The topological polar surface area (TPSA) is 111 Å². The van der Waals surface area contributed by atoms with Crippen LogP contribution in [0.4, 0.5) is 5.69 Å². The first kappa shape index (κ1) is 25.5. The molecule has 34 heavy (non-hydrogen) atoms. The molecule has 0 bridgehead atoms. The van der Waals surface area contributed by atoms with Crippen LogP contribution in [0, 0.1) is 5.92 Å². The molecule has 2 aromatic carbocycles. The summed E-state index contributed by atoms with van der Waals surface area (Å²) >= 11 is 0. The molecule has 1 aromatic heterocycles. The lowest BCUT2D eigenvalue weighted by Crippen LogP contribution is -2.22. The highest BCUT2D eigenvalue weighted by Crippen LogP contribution is 2.37. The van der Waals surface area contributed by atoms with Crippen LogP contribution in [-0.2, 0) is 0 Å². The van der Waals surface area contributed by atoms with Crippen molar-refractivity contribution in [3.63, 3.8) is 0 Å². The molecule has 1 heterocycles. The molecule has 2 fully saturated rings. The lowest BCUT2D eigenvalue weighted by molar-refractivity contribution is 0.0968. The molecule has 2 saturated carbocycles. The van der Waals surface area contributed by atoms with Gasteiger partial charge in [-0.1, -0.05) is 45.2 Å². The maximum atomic E-state index is 12.4. The van der Waals surface area contributed by atoms with Gasteiger partial charge in [-0.2, -0.15) is 0 Å². The number of Topliss-reactive ketones (excluding diaryl/α,β-unsaturated/α-hetero) is 1. The minimum Gasteiger partial charge on any atom is -0.504 e. The molecular weight excluding hydrogens is 426 g/mol. The number of rotatable bonds is 4. The monoisotopic (exact) mass is 463 g/mol. The average Bonchev–Trinajstić information content (AvgIpc) is 3.72. The first-order chi connectivity index (χ1) is 16.5. The number of fused-ring (bicyclic) bond motifs is 1. The van der Waals surface area contributed by atoms with Gasteiger partial charge in [-0.25, -0.2) is 0 Å². The van der Waals surface area contributed by atoms with Crippen LogP contribution in [-0.4, -0.2) is 29.0 Å². The summed E-state index contributed by atoms with van der Waals surface area (Å²) in [7, 11) is 1.51. The van der Waals surface area contributed by atoms with E-state index in [-0.39, 0.29) is 17.5 Å². The number of nitrogen functional groups attached to an aromatic ring is 1. The molecule has 5 N–H and O–H groups in total. The van der Waals surface area contributed by atoms with Crippen molar-refractivity contribution < 1.29 is 14.6 Å². The Morgan fingerprint density at radius 3 is 2.24 bits per heavy atom. The van der Waals surface area contributed by atoms with E-state index in [0.29, 0.717) is 23.0 Å². The zero-order valence-electron chi connectivity index (χ0n) is 20.5. The second-order valence-electron chi connectivity index (χ2n) is 8.74. The molecule has 0 aliphatic heterocycles. The Balaban J connectivity index is 0.000000306. The summed E-state index contributed by atoms with van der Waals surface area (Å²) in [6.45, 7) is 4.00. The van der Waals surface area contributed by atoms with Crippen LogP contribution >= 0.6 is 0 Å². The van der Waals surface area contributed by atoms with Crippen LogP contribution in [0.2, 0.25) is 0 Å². The van der Waals surface area contributed by atoms with Gasteiger partial charge in [-0.15, -0.1) is 0 Å². The Kier molecular flexibility index (Phi) is 8.88. The summed E-state index contributed by atoms with van der Waals surface area (Å²) in [5, 5.41) is 10.5. The summed E-state index contributed by atoms with van der Waals surface area (Å²) in [4.78, 5) is 16.8. The number of aromatic nitrogens is 1. The second-order valence-corrected chi connectivity index (χ2v) is 8.74. The van der Waals surface area contributed by atoms with E-state index in [2.05, 4.69) is 4.98 Å². The Labute approximate surface area is 202 Å². The van der Waals surface area contributed by atoms with Crippen LogP contribution in [0.3, 0.4) is 0 Å². The molecule has 0 amide bonds. The van der Waals surface area contributed by atoms with Gasteiger partial charge in [0, 0.05) is 23.5 Å². The molecule has 0 atom stereocenters. The van der Waals surface area contributed by atoms with E-state index in [1.54, 1.807) is 18.3 Å². The Bertz CT molecular complexity index is 1120. The number of benzene rings is 2. The van der Waals surface area contributed by atoms with Gasteiger partial charge >= 0.3 is 0 Å². The number of anilines is 1. The maximum absolute atomic E-state index is 12.4. The number of carbonyl (C=O) groups is 1. The van der Waals surface area contributed by atoms with Crippen LogP contribution in [0.15, 0.2) is 42.6 Å². The SMILES string of the molecule is CC.COc1cc(-c2ccc3ncc(C(=O)C4CC4)c(N)c3c2)ccc1O.NC1CCCCC1. The summed E-state index contributed by atoms with van der Waals surface area (Å²) < 4.78 is 5.17. The third-order valence-corrected chi connectivity index (χ3v) is 6.29. The van der Waals surface area contributed by atoms with Gasteiger partial charge in [0.2, 0.25) is 0 Å². The van der Waals surface area contributed by atoms with Crippen molar-refractivity contribution in [2.24, 2.45) is 11.7 Å². The fourth-order valence-electron chi connectivity index (χ4n) is 4.15. The molecule has 6 heteroatoms. The van der Waals surface area contributed by atoms with Gasteiger partial charge in [0.15, 0.2) is 17.3 Å². The highest BCUT2D eigenvalue weighted by Gasteiger charge is 2.32. The average molecular weight is 464 g/mol. The number of nitrogens with two attached hydrogens (primary N) is 2. The summed E-state index contributed by atoms with van der Waals surface area (Å²) in [5.74, 6) is 0.682. The number of ketones is 1. The number of nitrogens with zero attached hydrogens (tertiary/aromatic N) is 1. The van der Waals surface area contributed by atoms with Crippen molar-refractivity contribution in [3.05, 3.63) is 48.2 Å². The van der Waals surface area contributed by atoms with E-state index < -0.39 is 0 Å². The van der Waals surface area contributed by atoms with E-state index >= 15 is 0 Å². The van der Waals surface area contributed by atoms with Crippen molar-refractivity contribution in [3.8, 4) is 22.6 Å². The fourth-order valence-corrected chi connectivity index (χ4v) is 4.15. The first-order valence-electron chi connectivity index (χ1n) is 12.3. The number of hydrogen-bond acceptors (Lipinski definition) is 6. The number of aromatic hydroxyl groups is 1. The molecule has 182 valence electrons. The van der Waals surface area contributed by atoms with E-state index in [1.807, 2.05) is 38.1 Å². The van der Waals surface area contributed by atoms with Gasteiger partial charge < -0.3 is 21.3 Å². The quantitative estimate of drug-likeness (QED) is 0.403. The number of phenolic OH excluding ortho intramolecular Hbond substituents is 1. The van der Waals surface area contributed by atoms with Crippen LogP contribution in [0.5, 0.6) is 11.5 Å². The molecule has 2 aliphatic carbocycles. The van der Waals surface area contributed by atoms with Gasteiger partial charge in [-0.05, 0) is 61.1 Å². The van der Waals surface area contributed by atoms with Gasteiger partial charge in [0.25, 0.3) is 0 Å². The van der Waals surface area contributed by atoms with E-state index in [9.17, 15) is 9.90 Å². The highest BCUT2D eigenvalue weighted by atomic mass is 16.5. The van der Waals surface area contributed by atoms with E-state index in [4.69, 9.17) is 16.2 Å². The normalized spacial score (nSPS) is 15.5. The number of carbonyl (C=O) groups excluding carboxylic acids is 1. The zero-order chi connectivity index (χ0) is 24.7. The summed E-state index contributed by atoms with van der Waals surface area (Å²) in [5.41, 5.74) is 15.5. The minimum absolute atomic E-state index is 0.0867. The van der Waals surface area contributed by atoms with Crippen LogP contribution in [0.1, 0.15) is 69.2 Å². The molecular formula is C28H37N3O3. The van der Waals surface area contributed by atoms with Crippen LogP contribution < -0.4 is 16.2 Å². The number of ether oxygens (including phenoxy) is 1. The van der Waals surface area contributed by atoms with Crippen molar-refractivity contribution in [2.45, 2.75) is 64.8 Å². The van der Waals surface area contributed by atoms with E-state index in [0.717, 1.165) is 34.9 Å². The standard InChI is InChI=1S/C20H18N2O3.C6H13N.C2H6/c1-25-18-9-13(5-7-17(18)23)12-4-6-16-14(8-12)19(21)15(10-22-16)20(24)11-2-3-11;7-6-4-2-1-3-5-6;1-2/h4-11,23H,2-3H2,1H3,(H2,21,22);6H,1-5,7H2;1-2H3. The molecule has 0 radical (unpaired) electrons. The number of phenols is 1. The predicted molar refractivity (Wildman–Crippen MR) is 139 cm³/mol. The van der Waals surface area contributed by atoms with Gasteiger partial charge in [-0.3, -0.25) is 9.78 Å². The molecule has 5 rings (SSSR count). The number of hydrogen-bond donors (Lipinski definition) is 3. The van der Waals surface area contributed by atoms with Crippen molar-refractivity contribution in [2.75, 3.05) is 12.8 Å². The summed E-state index contributed by atoms with van der Waals surface area (Å²) in [6, 6.07) is 11.4. The largest absolute Gasteiger partial charge is 0.504 e. The smallest absolute Gasteiger partial charge is 0.169 e. The summed E-state index contributed by atoms with van der Waals surface area (Å²) in [6.07, 6.45) is 10.1. The lowest BCUT2D eigenvalue weighted by atomic mass is 9.97. The molecule has 0 saturated heterocycles. The van der Waals surface area contributed by atoms with E-state index in [1.165, 1.54) is 39.2 Å². The highest BCUT2D eigenvalue weighted by molar-refractivity contribution is 6.09. The molecule has 6 nitrogen and oxygen atoms in total. The lowest BCUT2D eigenvalue weighted by Gasteiger charge is -2.15. The third kappa shape index (κ3) is 6.06. The molecule has 0 unspecified atom stereocenters. The molecule has 3 aromatic rings. The van der Waals surface area contributed by atoms with Gasteiger partial charge in [0.1, 0.15) is 0 Å². The minimum atomic E-state index is 0.0867. The first-order valence-corrected chi connectivity index (χ1v) is 12.3. The van der Waals surface area contributed by atoms with Crippen molar-refractivity contribution >= 4 is 22.4 Å². The Morgan fingerprint density at radius 2 is 1.65 bits per heavy atom. The number of methoxy groups -OCH3 is 1. The third-order valence-electron chi connectivity index (χ3n) is 6.29. The predicted octanol–water partition coefficient (Wildman–Crippen LogP) is 6.09. The fraction of sp³-hybridized carbons (Fsp3) is 0.429. The van der Waals surface area contributed by atoms with Gasteiger partial charge in [0.05, 0.1) is 23.9 Å². The van der Waals surface area contributed by atoms with Crippen molar-refractivity contribution in [1.82, 2.24) is 4.98 Å².